The van der Waals surface area contributed by atoms with Crippen LogP contribution in [0.1, 0.15) is 54.5 Å². The average Bonchev–Trinajstić information content (AvgIpc) is 3.21. The molecule has 0 fully saturated rings. The number of aliphatic hydroxyl groups excluding tert-OH is 1. The van der Waals surface area contributed by atoms with Crippen LogP contribution in [0.15, 0.2) is 89.0 Å². The van der Waals surface area contributed by atoms with E-state index < -0.39 is 28.6 Å². The molecule has 2 aromatic carbocycles. The molecule has 6 aromatic rings. The number of aryl methyl sites for hydroxylation is 2. The molecule has 1 unspecified atom stereocenters. The second-order valence-electron chi connectivity index (χ2n) is 12.6. The molecule has 0 saturated carbocycles. The maximum absolute atomic E-state index is 13.1. The summed E-state index contributed by atoms with van der Waals surface area (Å²) in [5, 5.41) is 19.6. The molecule has 308 valence electrons. The van der Waals surface area contributed by atoms with Gasteiger partial charge in [-0.1, -0.05) is 60.8 Å². The van der Waals surface area contributed by atoms with Gasteiger partial charge in [-0.25, -0.2) is 19.6 Å². The summed E-state index contributed by atoms with van der Waals surface area (Å²) < 4.78 is 10.9. The van der Waals surface area contributed by atoms with Crippen molar-refractivity contribution >= 4 is 90.1 Å². The number of rotatable bonds is 12. The van der Waals surface area contributed by atoms with Crippen molar-refractivity contribution in [2.75, 3.05) is 6.61 Å². The summed E-state index contributed by atoms with van der Waals surface area (Å²) in [7, 11) is 3.15. The van der Waals surface area contributed by atoms with E-state index in [0.29, 0.717) is 73.4 Å². The van der Waals surface area contributed by atoms with E-state index >= 15 is 0 Å². The van der Waals surface area contributed by atoms with Crippen LogP contribution in [0.5, 0.6) is 0 Å². The Morgan fingerprint density at radius 2 is 1.25 bits per heavy atom. The molecular weight excluding hydrogens is 993 g/mol. The summed E-state index contributed by atoms with van der Waals surface area (Å²) in [5.41, 5.74) is 1.50. The Morgan fingerprint density at radius 1 is 0.780 bits per heavy atom. The predicted octanol–water partition coefficient (Wildman–Crippen LogP) is 5.76. The Balaban J connectivity index is 0.000000291. The van der Waals surface area contributed by atoms with E-state index in [0.717, 1.165) is 22.1 Å². The molecular formula is C39H38Br2Cl2N6O9Zn. The van der Waals surface area contributed by atoms with Crippen LogP contribution < -0.4 is 22.5 Å². The topological polar surface area (TPSA) is 198 Å². The fourth-order valence-electron chi connectivity index (χ4n) is 6.06. The van der Waals surface area contributed by atoms with Crippen LogP contribution in [0.4, 0.5) is 0 Å². The van der Waals surface area contributed by atoms with Crippen molar-refractivity contribution < 1.29 is 44.0 Å². The van der Waals surface area contributed by atoms with Crippen molar-refractivity contribution in [2.24, 2.45) is 14.1 Å². The fraction of sp³-hybridized carbons (Fsp3) is 0.282. The van der Waals surface area contributed by atoms with E-state index in [1.54, 1.807) is 56.7 Å². The number of halogens is 4. The standard InChI is InChI=1S/C19H17BrClN3O4.C19H19BrClN3O3.CH2O2.Zn/c1-23-17-16(18(26)24(19(23)27)7-2-8-28-11-25)14(15(20)10-22-17)9-12-3-5-13(21)6-4-12;1-3-4-9-24-18(26)15-14(16(25)11-5-7-12(21)8-6-11)13(20)10-22-17(15)23(2)19(24)27;2-1-3;/h3-6,10-11H,2,7-9H2,1H3;5-8,10,16,25H,3-4,9H2,1-2H3;1H,(H,2,3);. The van der Waals surface area contributed by atoms with E-state index in [1.807, 2.05) is 19.1 Å². The molecule has 4 heterocycles. The number of nitrogens with zero attached hydrogens (tertiary/aromatic N) is 6. The second-order valence-corrected chi connectivity index (χ2v) is 15.2. The fourth-order valence-corrected chi connectivity index (χ4v) is 7.27. The molecule has 0 spiro atoms. The zero-order valence-electron chi connectivity index (χ0n) is 32.1. The molecule has 0 saturated heterocycles. The van der Waals surface area contributed by atoms with Gasteiger partial charge in [0.15, 0.2) is 0 Å². The Kier molecular flexibility index (Phi) is 19.0. The monoisotopic (exact) mass is 1030 g/mol. The van der Waals surface area contributed by atoms with Gasteiger partial charge < -0.3 is 14.9 Å². The van der Waals surface area contributed by atoms with Crippen molar-refractivity contribution in [3.8, 4) is 0 Å². The van der Waals surface area contributed by atoms with E-state index in [2.05, 4.69) is 46.6 Å². The number of carbonyl (C=O) groups excluding carboxylic acids is 1. The number of carboxylic acid groups (broad SMARTS) is 1. The zero-order valence-corrected chi connectivity index (χ0v) is 39.8. The third-order valence-corrected chi connectivity index (χ3v) is 10.8. The third kappa shape index (κ3) is 11.5. The molecule has 0 aliphatic carbocycles. The number of aromatic nitrogens is 6. The Morgan fingerprint density at radius 3 is 1.78 bits per heavy atom. The van der Waals surface area contributed by atoms with Gasteiger partial charge in [0.05, 0.1) is 17.4 Å². The number of pyridine rings is 2. The quantitative estimate of drug-likeness (QED) is 0.0860. The number of ether oxygens (including phenoxy) is 1. The molecule has 4 aromatic heterocycles. The SMILES string of the molecule is CCCCn1c(=O)c2c(C(O)c3ccc(Cl)cc3)c(Br)cnc2n(C)c1=O.Cn1c(=O)n(CCCOC=O)c(=O)c2c(Cc3ccc(Cl)cc3)c(Br)cnc21.O=CO.[Zn]. The molecule has 2 N–H and O–H groups in total. The number of hydrogen-bond donors (Lipinski definition) is 2. The van der Waals surface area contributed by atoms with E-state index in [4.69, 9.17) is 33.1 Å². The first-order valence-electron chi connectivity index (χ1n) is 17.6. The van der Waals surface area contributed by atoms with Gasteiger partial charge in [-0.3, -0.25) is 37.4 Å². The Labute approximate surface area is 376 Å². The molecule has 0 bridgehead atoms. The molecule has 6 rings (SSSR count). The smallest absolute Gasteiger partial charge is 0.332 e. The van der Waals surface area contributed by atoms with Gasteiger partial charge in [0.25, 0.3) is 24.1 Å². The average molecular weight is 1030 g/mol. The number of unbranched alkanes of at least 4 members (excludes halogenated alkanes) is 1. The summed E-state index contributed by atoms with van der Waals surface area (Å²) in [6.07, 6.45) is 4.39. The van der Waals surface area contributed by atoms with Gasteiger partial charge in [0.1, 0.15) is 17.4 Å². The predicted molar refractivity (Wildman–Crippen MR) is 228 cm³/mol. The summed E-state index contributed by atoms with van der Waals surface area (Å²) in [6.45, 7) is 2.67. The van der Waals surface area contributed by atoms with Crippen LogP contribution in [0.2, 0.25) is 10.0 Å². The molecule has 20 heteroatoms. The summed E-state index contributed by atoms with van der Waals surface area (Å²) in [4.78, 5) is 78.6. The first-order chi connectivity index (χ1) is 27.7. The van der Waals surface area contributed by atoms with Crippen molar-refractivity contribution in [3.63, 3.8) is 0 Å². The maximum Gasteiger partial charge on any atom is 0.332 e. The van der Waals surface area contributed by atoms with Gasteiger partial charge in [-0.05, 0) is 92.1 Å². The van der Waals surface area contributed by atoms with Crippen molar-refractivity contribution in [1.29, 1.82) is 0 Å². The first-order valence-corrected chi connectivity index (χ1v) is 19.9. The van der Waals surface area contributed by atoms with Crippen LogP contribution in [0.25, 0.3) is 22.1 Å². The third-order valence-electron chi connectivity index (χ3n) is 8.95. The molecule has 0 aliphatic heterocycles. The van der Waals surface area contributed by atoms with Crippen LogP contribution in [0, 0.1) is 0 Å². The minimum atomic E-state index is -1.08. The van der Waals surface area contributed by atoms with Crippen LogP contribution >= 0.6 is 55.1 Å². The number of aliphatic hydroxyl groups is 1. The number of carbonyl (C=O) groups is 2. The zero-order chi connectivity index (χ0) is 42.7. The summed E-state index contributed by atoms with van der Waals surface area (Å²) >= 11 is 18.8. The van der Waals surface area contributed by atoms with Crippen molar-refractivity contribution in [1.82, 2.24) is 28.2 Å². The minimum Gasteiger partial charge on any atom is -0.483 e. The van der Waals surface area contributed by atoms with Crippen molar-refractivity contribution in [2.45, 2.75) is 51.8 Å². The molecule has 0 radical (unpaired) electrons. The number of benzene rings is 2. The van der Waals surface area contributed by atoms with Crippen molar-refractivity contribution in [3.05, 3.63) is 144 Å². The maximum atomic E-state index is 13.1. The summed E-state index contributed by atoms with van der Waals surface area (Å²) in [6, 6.07) is 14.1. The van der Waals surface area contributed by atoms with Crippen LogP contribution in [-0.2, 0) is 67.4 Å². The molecule has 59 heavy (non-hydrogen) atoms. The van der Waals surface area contributed by atoms with Crippen LogP contribution in [-0.4, -0.2) is 58.0 Å². The summed E-state index contributed by atoms with van der Waals surface area (Å²) in [5.74, 6) is 0. The largest absolute Gasteiger partial charge is 0.483 e. The van der Waals surface area contributed by atoms with Gasteiger partial charge in [-0.15, -0.1) is 0 Å². The molecule has 15 nitrogen and oxygen atoms in total. The van der Waals surface area contributed by atoms with Gasteiger partial charge in [0, 0.05) is 83.6 Å². The first kappa shape index (κ1) is 49.0. The number of hydrogen-bond acceptors (Lipinski definition) is 10. The molecule has 0 aliphatic rings. The Bertz CT molecular complexity index is 2670. The molecule has 1 atom stereocenters. The van der Waals surface area contributed by atoms with Crippen LogP contribution in [0.3, 0.4) is 0 Å². The van der Waals surface area contributed by atoms with E-state index in [-0.39, 0.29) is 50.1 Å². The van der Waals surface area contributed by atoms with E-state index in [9.17, 15) is 29.1 Å². The molecule has 0 amide bonds. The number of fused-ring (bicyclic) bond motifs is 2. The minimum absolute atomic E-state index is 0. The van der Waals surface area contributed by atoms with Gasteiger partial charge in [-0.2, -0.15) is 0 Å². The van der Waals surface area contributed by atoms with Gasteiger partial charge >= 0.3 is 11.4 Å². The Hall–Kier alpha value is -4.32. The van der Waals surface area contributed by atoms with E-state index in [1.165, 1.54) is 19.9 Å². The normalized spacial score (nSPS) is 11.1. The second kappa shape index (κ2) is 22.9. The van der Waals surface area contributed by atoms with Gasteiger partial charge in [0.2, 0.25) is 0 Å².